The van der Waals surface area contributed by atoms with Crippen molar-refractivity contribution in [1.82, 2.24) is 4.57 Å². The maximum atomic E-state index is 10.5. The molecule has 0 N–H and O–H groups in total. The third-order valence-corrected chi connectivity index (χ3v) is 2.40. The number of carbonyl (C=O) groups is 1. The number of halogens is 1. The van der Waals surface area contributed by atoms with Crippen LogP contribution in [-0.2, 0) is 13.0 Å². The number of hydrogen-bond donors (Lipinski definition) is 0. The smallest absolute Gasteiger partial charge is 0.167 e. The SMILES string of the molecule is O=Cc1c(Cl)cc2n1CCC2. The van der Waals surface area contributed by atoms with Gasteiger partial charge in [0.05, 0.1) is 5.02 Å². The summed E-state index contributed by atoms with van der Waals surface area (Å²) < 4.78 is 2.00. The zero-order chi connectivity index (χ0) is 7.84. The average Bonchev–Trinajstić information content (AvgIpc) is 2.46. The summed E-state index contributed by atoms with van der Waals surface area (Å²) in [5, 5.41) is 0.592. The molecule has 0 fully saturated rings. The van der Waals surface area contributed by atoms with Gasteiger partial charge in [-0.05, 0) is 18.9 Å². The second kappa shape index (κ2) is 2.38. The fraction of sp³-hybridized carbons (Fsp3) is 0.375. The molecule has 58 valence electrons. The van der Waals surface area contributed by atoms with Crippen molar-refractivity contribution in [3.05, 3.63) is 22.5 Å². The maximum absolute atomic E-state index is 10.5. The zero-order valence-corrected chi connectivity index (χ0v) is 6.77. The molecule has 0 saturated heterocycles. The molecule has 0 atom stereocenters. The van der Waals surface area contributed by atoms with E-state index in [2.05, 4.69) is 0 Å². The van der Waals surface area contributed by atoms with Crippen LogP contribution in [0.1, 0.15) is 22.6 Å². The van der Waals surface area contributed by atoms with Crippen molar-refractivity contribution < 1.29 is 4.79 Å². The first-order chi connectivity index (χ1) is 5.33. The Balaban J connectivity index is 2.60. The van der Waals surface area contributed by atoms with Gasteiger partial charge in [0.15, 0.2) is 6.29 Å². The number of hydrogen-bond acceptors (Lipinski definition) is 1. The molecule has 11 heavy (non-hydrogen) atoms. The Bertz CT molecular complexity index is 303. The topological polar surface area (TPSA) is 22.0 Å². The third kappa shape index (κ3) is 0.897. The van der Waals surface area contributed by atoms with Crippen LogP contribution in [0, 0.1) is 0 Å². The lowest BCUT2D eigenvalue weighted by Gasteiger charge is -1.97. The summed E-state index contributed by atoms with van der Waals surface area (Å²) in [6.45, 7) is 0.941. The monoisotopic (exact) mass is 169 g/mol. The van der Waals surface area contributed by atoms with E-state index >= 15 is 0 Å². The fourth-order valence-electron chi connectivity index (χ4n) is 1.59. The molecule has 0 saturated carbocycles. The van der Waals surface area contributed by atoms with Crippen LogP contribution in [0.25, 0.3) is 0 Å². The summed E-state index contributed by atoms with van der Waals surface area (Å²) in [7, 11) is 0. The van der Waals surface area contributed by atoms with Crippen LogP contribution >= 0.6 is 11.6 Å². The van der Waals surface area contributed by atoms with Crippen LogP contribution in [-0.4, -0.2) is 10.9 Å². The van der Waals surface area contributed by atoms with Gasteiger partial charge in [-0.3, -0.25) is 4.79 Å². The summed E-state index contributed by atoms with van der Waals surface area (Å²) >= 11 is 5.81. The molecule has 0 amide bonds. The second-order valence-electron chi connectivity index (χ2n) is 2.74. The highest BCUT2D eigenvalue weighted by Crippen LogP contribution is 2.25. The van der Waals surface area contributed by atoms with Crippen molar-refractivity contribution in [2.24, 2.45) is 0 Å². The van der Waals surface area contributed by atoms with Crippen LogP contribution in [0.3, 0.4) is 0 Å². The fourth-order valence-corrected chi connectivity index (χ4v) is 1.86. The highest BCUT2D eigenvalue weighted by Gasteiger charge is 2.16. The standard InChI is InChI=1S/C8H8ClNO/c9-7-4-6-2-1-3-10(6)8(7)5-11/h4-5H,1-3H2. The molecule has 1 aromatic heterocycles. The van der Waals surface area contributed by atoms with Gasteiger partial charge >= 0.3 is 0 Å². The van der Waals surface area contributed by atoms with Gasteiger partial charge in [-0.25, -0.2) is 0 Å². The molecule has 1 aliphatic rings. The van der Waals surface area contributed by atoms with Crippen LogP contribution in [0.2, 0.25) is 5.02 Å². The van der Waals surface area contributed by atoms with Crippen molar-refractivity contribution >= 4 is 17.9 Å². The normalized spacial score (nSPS) is 15.0. The first-order valence-corrected chi connectivity index (χ1v) is 4.04. The lowest BCUT2D eigenvalue weighted by Crippen LogP contribution is -1.97. The molecule has 0 aliphatic carbocycles. The van der Waals surface area contributed by atoms with Crippen molar-refractivity contribution in [3.8, 4) is 0 Å². The highest BCUT2D eigenvalue weighted by molar-refractivity contribution is 6.32. The number of carbonyl (C=O) groups excluding carboxylic acids is 1. The van der Waals surface area contributed by atoms with Gasteiger partial charge < -0.3 is 4.57 Å². The molecule has 0 bridgehead atoms. The molecular formula is C8H8ClNO. The average molecular weight is 170 g/mol. The van der Waals surface area contributed by atoms with E-state index in [1.54, 1.807) is 0 Å². The van der Waals surface area contributed by atoms with Crippen LogP contribution in [0.5, 0.6) is 0 Å². The Morgan fingerprint density at radius 3 is 3.18 bits per heavy atom. The summed E-state index contributed by atoms with van der Waals surface area (Å²) in [5.41, 5.74) is 1.83. The Morgan fingerprint density at radius 2 is 2.45 bits per heavy atom. The van der Waals surface area contributed by atoms with Gasteiger partial charge in [0, 0.05) is 12.2 Å². The van der Waals surface area contributed by atoms with Crippen LogP contribution < -0.4 is 0 Å². The number of fused-ring (bicyclic) bond motifs is 1. The van der Waals surface area contributed by atoms with Crippen molar-refractivity contribution in [1.29, 1.82) is 0 Å². The molecule has 0 spiro atoms. The second-order valence-corrected chi connectivity index (χ2v) is 3.15. The lowest BCUT2D eigenvalue weighted by atomic mass is 10.3. The quantitative estimate of drug-likeness (QED) is 0.589. The minimum atomic E-state index is 0.592. The number of rotatable bonds is 1. The number of nitrogens with zero attached hydrogens (tertiary/aromatic N) is 1. The molecule has 0 unspecified atom stereocenters. The van der Waals surface area contributed by atoms with Gasteiger partial charge in [-0.2, -0.15) is 0 Å². The van der Waals surface area contributed by atoms with E-state index in [4.69, 9.17) is 11.6 Å². The maximum Gasteiger partial charge on any atom is 0.167 e. The van der Waals surface area contributed by atoms with E-state index in [1.807, 2.05) is 10.6 Å². The summed E-state index contributed by atoms with van der Waals surface area (Å²) in [6.07, 6.45) is 3.01. The minimum absolute atomic E-state index is 0.592. The Labute approximate surface area is 69.8 Å². The molecule has 1 aromatic rings. The molecule has 1 aliphatic heterocycles. The summed E-state index contributed by atoms with van der Waals surface area (Å²) in [4.78, 5) is 10.5. The lowest BCUT2D eigenvalue weighted by molar-refractivity contribution is 0.111. The van der Waals surface area contributed by atoms with E-state index in [-0.39, 0.29) is 0 Å². The molecule has 2 heterocycles. The summed E-state index contributed by atoms with van der Waals surface area (Å²) in [6, 6.07) is 1.89. The van der Waals surface area contributed by atoms with E-state index < -0.39 is 0 Å². The predicted octanol–water partition coefficient (Wildman–Crippen LogP) is 1.90. The van der Waals surface area contributed by atoms with Gasteiger partial charge in [0.25, 0.3) is 0 Å². The van der Waals surface area contributed by atoms with E-state index in [0.29, 0.717) is 10.7 Å². The molecule has 0 radical (unpaired) electrons. The first-order valence-electron chi connectivity index (χ1n) is 3.66. The van der Waals surface area contributed by atoms with E-state index in [1.165, 1.54) is 5.69 Å². The molecule has 2 nitrogen and oxygen atoms in total. The number of aromatic nitrogens is 1. The van der Waals surface area contributed by atoms with Crippen LogP contribution in [0.15, 0.2) is 6.07 Å². The molecule has 3 heteroatoms. The van der Waals surface area contributed by atoms with Crippen molar-refractivity contribution in [3.63, 3.8) is 0 Å². The molecule has 2 rings (SSSR count). The first kappa shape index (κ1) is 6.92. The van der Waals surface area contributed by atoms with Gasteiger partial charge in [-0.15, -0.1) is 0 Å². The number of aryl methyl sites for hydroxylation is 1. The van der Waals surface area contributed by atoms with Gasteiger partial charge in [-0.1, -0.05) is 11.6 Å². The van der Waals surface area contributed by atoms with Crippen LogP contribution in [0.4, 0.5) is 0 Å². The zero-order valence-electron chi connectivity index (χ0n) is 6.01. The molecule has 0 aromatic carbocycles. The van der Waals surface area contributed by atoms with Crippen molar-refractivity contribution in [2.45, 2.75) is 19.4 Å². The Morgan fingerprint density at radius 1 is 1.64 bits per heavy atom. The Hall–Kier alpha value is -0.760. The summed E-state index contributed by atoms with van der Waals surface area (Å²) in [5.74, 6) is 0. The predicted molar refractivity (Wildman–Crippen MR) is 43.2 cm³/mol. The van der Waals surface area contributed by atoms with Gasteiger partial charge in [0.2, 0.25) is 0 Å². The number of aldehydes is 1. The van der Waals surface area contributed by atoms with Gasteiger partial charge in [0.1, 0.15) is 5.69 Å². The Kier molecular flexibility index (Phi) is 1.50. The largest absolute Gasteiger partial charge is 0.341 e. The van der Waals surface area contributed by atoms with Crippen molar-refractivity contribution in [2.75, 3.05) is 0 Å². The highest BCUT2D eigenvalue weighted by atomic mass is 35.5. The minimum Gasteiger partial charge on any atom is -0.341 e. The molecular weight excluding hydrogens is 162 g/mol. The van der Waals surface area contributed by atoms with E-state index in [0.717, 1.165) is 25.7 Å². The third-order valence-electron chi connectivity index (χ3n) is 2.10. The van der Waals surface area contributed by atoms with E-state index in [9.17, 15) is 4.79 Å².